The second-order valence-corrected chi connectivity index (χ2v) is 4.69. The van der Waals surface area contributed by atoms with Gasteiger partial charge in [-0.05, 0) is 18.8 Å². The van der Waals surface area contributed by atoms with E-state index in [9.17, 15) is 0 Å². The molecule has 0 aliphatic heterocycles. The maximum atomic E-state index is 5.32. The fourth-order valence-corrected chi connectivity index (χ4v) is 2.31. The van der Waals surface area contributed by atoms with Crippen LogP contribution in [-0.4, -0.2) is 39.5 Å². The third-order valence-corrected chi connectivity index (χ3v) is 3.26. The van der Waals surface area contributed by atoms with Gasteiger partial charge < -0.3 is 14.8 Å². The Morgan fingerprint density at radius 3 is 2.73 bits per heavy atom. The van der Waals surface area contributed by atoms with E-state index in [0.29, 0.717) is 12.6 Å². The number of ether oxygens (including phenoxy) is 2. The molecule has 3 atom stereocenters. The minimum absolute atomic E-state index is 0.187. The fourth-order valence-electron chi connectivity index (χ4n) is 2.31. The lowest BCUT2D eigenvalue weighted by atomic mass is 9.87. The van der Waals surface area contributed by atoms with Gasteiger partial charge in [-0.25, -0.2) is 0 Å². The maximum Gasteiger partial charge on any atom is 0.0928 e. The molecule has 0 heterocycles. The molecule has 0 radical (unpaired) electrons. The molecule has 3 heteroatoms. The third-order valence-electron chi connectivity index (χ3n) is 3.26. The van der Waals surface area contributed by atoms with Gasteiger partial charge in [0.15, 0.2) is 0 Å². The molecule has 0 spiro atoms. The van der Waals surface area contributed by atoms with Crippen molar-refractivity contribution in [2.24, 2.45) is 5.92 Å². The van der Waals surface area contributed by atoms with Crippen LogP contribution in [0.3, 0.4) is 0 Å². The first-order valence-electron chi connectivity index (χ1n) is 6.01. The molecule has 1 aliphatic carbocycles. The molecule has 1 rings (SSSR count). The van der Waals surface area contributed by atoms with E-state index in [4.69, 9.17) is 9.47 Å². The molecule has 1 fully saturated rings. The normalized spacial score (nSPS) is 29.0. The Bertz CT molecular complexity index is 164. The van der Waals surface area contributed by atoms with E-state index in [1.54, 1.807) is 14.2 Å². The molecule has 1 aliphatic rings. The molecule has 90 valence electrons. The third kappa shape index (κ3) is 4.96. The van der Waals surface area contributed by atoms with E-state index in [-0.39, 0.29) is 6.10 Å². The van der Waals surface area contributed by atoms with Gasteiger partial charge in [0.1, 0.15) is 0 Å². The van der Waals surface area contributed by atoms with Crippen LogP contribution in [0.5, 0.6) is 0 Å². The lowest BCUT2D eigenvalue weighted by Gasteiger charge is -2.28. The summed E-state index contributed by atoms with van der Waals surface area (Å²) in [5.74, 6) is 0.875. The second kappa shape index (κ2) is 7.20. The first kappa shape index (κ1) is 12.9. The fraction of sp³-hybridized carbons (Fsp3) is 1.00. The van der Waals surface area contributed by atoms with E-state index in [1.165, 1.54) is 25.7 Å². The summed E-state index contributed by atoms with van der Waals surface area (Å²) < 4.78 is 10.4. The highest BCUT2D eigenvalue weighted by molar-refractivity contribution is 4.77. The average Bonchev–Trinajstić information content (AvgIpc) is 2.24. The Hall–Kier alpha value is -0.120. The lowest BCUT2D eigenvalue weighted by molar-refractivity contribution is 0.0262. The van der Waals surface area contributed by atoms with Crippen LogP contribution in [0, 0.1) is 5.92 Å². The number of hydrogen-bond acceptors (Lipinski definition) is 3. The number of hydrogen-bond donors (Lipinski definition) is 1. The minimum Gasteiger partial charge on any atom is -0.382 e. The van der Waals surface area contributed by atoms with Gasteiger partial charge in [-0.2, -0.15) is 0 Å². The summed E-state index contributed by atoms with van der Waals surface area (Å²) in [6, 6.07) is 0.684. The van der Waals surface area contributed by atoms with Crippen molar-refractivity contribution >= 4 is 0 Å². The van der Waals surface area contributed by atoms with Crippen LogP contribution < -0.4 is 5.32 Å². The SMILES string of the molecule is COCC(CNC1CCCC(C)C1)OC. The molecule has 0 aromatic carbocycles. The standard InChI is InChI=1S/C12H25NO2/c1-10-5-4-6-11(7-10)13-8-12(15-3)9-14-2/h10-13H,4-9H2,1-3H3. The Balaban J connectivity index is 2.16. The largest absolute Gasteiger partial charge is 0.382 e. The molecule has 0 aromatic heterocycles. The molecule has 1 saturated carbocycles. The molecular formula is C12H25NO2. The van der Waals surface area contributed by atoms with E-state index >= 15 is 0 Å². The Kier molecular flexibility index (Phi) is 6.22. The predicted molar refractivity (Wildman–Crippen MR) is 62.1 cm³/mol. The van der Waals surface area contributed by atoms with Crippen LogP contribution in [0.15, 0.2) is 0 Å². The quantitative estimate of drug-likeness (QED) is 0.733. The van der Waals surface area contributed by atoms with Crippen molar-refractivity contribution in [3.05, 3.63) is 0 Å². The zero-order valence-electron chi connectivity index (χ0n) is 10.3. The van der Waals surface area contributed by atoms with E-state index in [0.717, 1.165) is 12.5 Å². The summed E-state index contributed by atoms with van der Waals surface area (Å²) in [7, 11) is 3.46. The van der Waals surface area contributed by atoms with Gasteiger partial charge in [0.25, 0.3) is 0 Å². The summed E-state index contributed by atoms with van der Waals surface area (Å²) in [5.41, 5.74) is 0. The van der Waals surface area contributed by atoms with Gasteiger partial charge in [0.05, 0.1) is 12.7 Å². The van der Waals surface area contributed by atoms with Crippen molar-refractivity contribution in [2.75, 3.05) is 27.4 Å². The zero-order chi connectivity index (χ0) is 11.1. The van der Waals surface area contributed by atoms with Crippen molar-refractivity contribution in [1.82, 2.24) is 5.32 Å². The van der Waals surface area contributed by atoms with Crippen LogP contribution in [0.2, 0.25) is 0 Å². The van der Waals surface area contributed by atoms with Crippen molar-refractivity contribution < 1.29 is 9.47 Å². The first-order chi connectivity index (χ1) is 7.26. The second-order valence-electron chi connectivity index (χ2n) is 4.69. The number of methoxy groups -OCH3 is 2. The van der Waals surface area contributed by atoms with Gasteiger partial charge in [0.2, 0.25) is 0 Å². The summed E-state index contributed by atoms with van der Waals surface area (Å²) in [6.07, 6.45) is 5.56. The van der Waals surface area contributed by atoms with Gasteiger partial charge in [-0.15, -0.1) is 0 Å². The molecule has 0 bridgehead atoms. The minimum atomic E-state index is 0.187. The summed E-state index contributed by atoms with van der Waals surface area (Å²) in [5, 5.41) is 3.58. The van der Waals surface area contributed by atoms with Crippen LogP contribution in [0.4, 0.5) is 0 Å². The van der Waals surface area contributed by atoms with Gasteiger partial charge in [-0.1, -0.05) is 19.8 Å². The molecular weight excluding hydrogens is 190 g/mol. The van der Waals surface area contributed by atoms with Crippen molar-refractivity contribution in [2.45, 2.75) is 44.8 Å². The van der Waals surface area contributed by atoms with Crippen LogP contribution in [-0.2, 0) is 9.47 Å². The molecule has 0 amide bonds. The maximum absolute atomic E-state index is 5.32. The van der Waals surface area contributed by atoms with Gasteiger partial charge >= 0.3 is 0 Å². The van der Waals surface area contributed by atoms with Crippen molar-refractivity contribution in [3.63, 3.8) is 0 Å². The molecule has 15 heavy (non-hydrogen) atoms. The molecule has 3 nitrogen and oxygen atoms in total. The highest BCUT2D eigenvalue weighted by Gasteiger charge is 2.19. The Labute approximate surface area is 93.5 Å². The summed E-state index contributed by atoms with van der Waals surface area (Å²) in [6.45, 7) is 3.92. The zero-order valence-corrected chi connectivity index (χ0v) is 10.3. The summed E-state index contributed by atoms with van der Waals surface area (Å²) in [4.78, 5) is 0. The molecule has 0 aromatic rings. The van der Waals surface area contributed by atoms with Crippen LogP contribution in [0.1, 0.15) is 32.6 Å². The smallest absolute Gasteiger partial charge is 0.0928 e. The van der Waals surface area contributed by atoms with Gasteiger partial charge in [0, 0.05) is 26.8 Å². The number of nitrogens with one attached hydrogen (secondary N) is 1. The molecule has 0 saturated heterocycles. The van der Waals surface area contributed by atoms with E-state index < -0.39 is 0 Å². The highest BCUT2D eigenvalue weighted by atomic mass is 16.5. The summed E-state index contributed by atoms with van der Waals surface area (Å²) >= 11 is 0. The predicted octanol–water partition coefficient (Wildman–Crippen LogP) is 1.82. The van der Waals surface area contributed by atoms with E-state index in [2.05, 4.69) is 12.2 Å². The first-order valence-corrected chi connectivity index (χ1v) is 6.01. The molecule has 1 N–H and O–H groups in total. The van der Waals surface area contributed by atoms with Gasteiger partial charge in [-0.3, -0.25) is 0 Å². The van der Waals surface area contributed by atoms with E-state index in [1.807, 2.05) is 0 Å². The number of rotatable bonds is 6. The lowest BCUT2D eigenvalue weighted by Crippen LogP contribution is -2.40. The average molecular weight is 215 g/mol. The van der Waals surface area contributed by atoms with Crippen molar-refractivity contribution in [1.29, 1.82) is 0 Å². The van der Waals surface area contributed by atoms with Crippen molar-refractivity contribution in [3.8, 4) is 0 Å². The van der Waals surface area contributed by atoms with Crippen LogP contribution >= 0.6 is 0 Å². The highest BCUT2D eigenvalue weighted by Crippen LogP contribution is 2.23. The Morgan fingerprint density at radius 1 is 1.33 bits per heavy atom. The monoisotopic (exact) mass is 215 g/mol. The molecule has 3 unspecified atom stereocenters. The Morgan fingerprint density at radius 2 is 2.13 bits per heavy atom. The topological polar surface area (TPSA) is 30.5 Å². The van der Waals surface area contributed by atoms with Crippen LogP contribution in [0.25, 0.3) is 0 Å².